The van der Waals surface area contributed by atoms with Crippen molar-refractivity contribution in [2.45, 2.75) is 20.5 Å². The number of carbonyl (C=O) groups excluding carboxylic acids is 1. The maximum atomic E-state index is 12.6. The van der Waals surface area contributed by atoms with Crippen LogP contribution in [0.15, 0.2) is 58.1 Å². The minimum Gasteiger partial charge on any atom is -0.490 e. The van der Waals surface area contributed by atoms with E-state index in [1.54, 1.807) is 24.3 Å². The largest absolute Gasteiger partial charge is 0.490 e. The van der Waals surface area contributed by atoms with Crippen LogP contribution in [0, 0.1) is 5.41 Å². The van der Waals surface area contributed by atoms with Gasteiger partial charge in [0, 0.05) is 10.6 Å². The molecule has 2 aliphatic heterocycles. The van der Waals surface area contributed by atoms with Crippen LogP contribution < -0.4 is 9.47 Å². The summed E-state index contributed by atoms with van der Waals surface area (Å²) in [7, 11) is -3.59. The SMILES string of the molecule is CCOc1cc(/C=C2\C(=N)N3N=C(S(=O)(=O)CC)SC3=NC2=O)ccc1OCc1ccccc1Cl. The number of nitrogens with one attached hydrogen (secondary N) is 1. The molecule has 0 spiro atoms. The first kappa shape index (κ1) is 25.0. The highest BCUT2D eigenvalue weighted by Gasteiger charge is 2.39. The number of thioether (sulfide) groups is 1. The van der Waals surface area contributed by atoms with Crippen molar-refractivity contribution < 1.29 is 22.7 Å². The summed E-state index contributed by atoms with van der Waals surface area (Å²) in [6.07, 6.45) is 1.48. The number of amidine groups is 2. The van der Waals surface area contributed by atoms with Gasteiger partial charge in [-0.3, -0.25) is 10.2 Å². The maximum absolute atomic E-state index is 12.6. The Bertz CT molecular complexity index is 1400. The standard InChI is InChI=1S/C23H21ClN4O5S2/c1-3-32-19-12-14(9-10-18(19)33-13-15-7-5-6-8-17(15)24)11-16-20(25)28-22(26-21(16)29)34-23(27-28)35(30,31)4-2/h5-12,25H,3-4,13H2,1-2H3/b16-11+,25-20?. The summed E-state index contributed by atoms with van der Waals surface area (Å²) in [6.45, 7) is 3.97. The molecule has 182 valence electrons. The van der Waals surface area contributed by atoms with Gasteiger partial charge in [0.15, 0.2) is 17.3 Å². The maximum Gasteiger partial charge on any atom is 0.283 e. The van der Waals surface area contributed by atoms with Crippen LogP contribution >= 0.6 is 23.4 Å². The average Bonchev–Trinajstić information content (AvgIpc) is 3.27. The summed E-state index contributed by atoms with van der Waals surface area (Å²) in [5, 5.41) is 14.1. The van der Waals surface area contributed by atoms with Crippen molar-refractivity contribution in [3.8, 4) is 11.5 Å². The number of ether oxygens (including phenoxy) is 2. The third-order valence-corrected chi connectivity index (χ3v) is 8.46. The molecule has 9 nitrogen and oxygen atoms in total. The van der Waals surface area contributed by atoms with E-state index >= 15 is 0 Å². The quantitative estimate of drug-likeness (QED) is 0.527. The number of amides is 1. The van der Waals surface area contributed by atoms with E-state index < -0.39 is 15.7 Å². The van der Waals surface area contributed by atoms with Gasteiger partial charge in [-0.25, -0.2) is 8.42 Å². The first-order valence-corrected chi connectivity index (χ1v) is 13.4. The molecule has 0 fully saturated rings. The molecule has 2 aliphatic rings. The van der Waals surface area contributed by atoms with E-state index in [0.717, 1.165) is 22.3 Å². The van der Waals surface area contributed by atoms with E-state index in [1.807, 2.05) is 25.1 Å². The molecule has 1 amide bonds. The Hall–Kier alpha value is -3.15. The van der Waals surface area contributed by atoms with Crippen LogP contribution in [-0.2, 0) is 21.2 Å². The molecule has 0 saturated heterocycles. The fourth-order valence-electron chi connectivity index (χ4n) is 3.16. The topological polar surface area (TPSA) is 121 Å². The first-order chi connectivity index (χ1) is 16.7. The molecule has 2 heterocycles. The molecule has 2 aromatic carbocycles. The molecular formula is C23H21ClN4O5S2. The van der Waals surface area contributed by atoms with Gasteiger partial charge in [0.25, 0.3) is 5.91 Å². The van der Waals surface area contributed by atoms with Crippen LogP contribution in [0.4, 0.5) is 0 Å². The Balaban J connectivity index is 1.60. The Morgan fingerprint density at radius 3 is 2.63 bits per heavy atom. The molecule has 0 saturated carbocycles. The number of fused-ring (bicyclic) bond motifs is 1. The molecule has 0 bridgehead atoms. The molecule has 1 N–H and O–H groups in total. The van der Waals surface area contributed by atoms with Crippen molar-refractivity contribution in [3.63, 3.8) is 0 Å². The second-order valence-corrected chi connectivity index (χ2v) is 11.1. The van der Waals surface area contributed by atoms with Crippen LogP contribution in [0.25, 0.3) is 6.08 Å². The van der Waals surface area contributed by atoms with Crippen LogP contribution in [0.2, 0.25) is 5.02 Å². The predicted molar refractivity (Wildman–Crippen MR) is 138 cm³/mol. The van der Waals surface area contributed by atoms with Crippen LogP contribution in [-0.4, -0.2) is 47.1 Å². The molecule has 0 atom stereocenters. The summed E-state index contributed by atoms with van der Waals surface area (Å²) in [6, 6.07) is 12.5. The van der Waals surface area contributed by atoms with Gasteiger partial charge in [-0.1, -0.05) is 42.8 Å². The normalized spacial score (nSPS) is 16.8. The van der Waals surface area contributed by atoms with Crippen molar-refractivity contribution in [2.24, 2.45) is 10.1 Å². The van der Waals surface area contributed by atoms with Gasteiger partial charge >= 0.3 is 0 Å². The number of carbonyl (C=O) groups is 1. The molecule has 35 heavy (non-hydrogen) atoms. The lowest BCUT2D eigenvalue weighted by molar-refractivity contribution is -0.114. The number of benzene rings is 2. The third kappa shape index (κ3) is 5.26. The summed E-state index contributed by atoms with van der Waals surface area (Å²) in [5.41, 5.74) is 1.37. The number of hydrogen-bond donors (Lipinski definition) is 1. The molecule has 0 aliphatic carbocycles. The third-order valence-electron chi connectivity index (χ3n) is 5.00. The van der Waals surface area contributed by atoms with Crippen LogP contribution in [0.5, 0.6) is 11.5 Å². The second-order valence-electron chi connectivity index (χ2n) is 7.31. The van der Waals surface area contributed by atoms with Gasteiger partial charge in [-0.2, -0.15) is 10.0 Å². The smallest absolute Gasteiger partial charge is 0.283 e. The lowest BCUT2D eigenvalue weighted by Crippen LogP contribution is -2.35. The molecule has 0 unspecified atom stereocenters. The van der Waals surface area contributed by atoms with Crippen molar-refractivity contribution in [2.75, 3.05) is 12.4 Å². The summed E-state index contributed by atoms with van der Waals surface area (Å²) < 4.78 is 35.8. The van der Waals surface area contributed by atoms with Gasteiger partial charge in [0.1, 0.15) is 6.61 Å². The number of halogens is 1. The lowest BCUT2D eigenvalue weighted by atomic mass is 10.1. The fraction of sp³-hybridized carbons (Fsp3) is 0.217. The Labute approximate surface area is 211 Å². The van der Waals surface area contributed by atoms with E-state index in [0.29, 0.717) is 28.7 Å². The van der Waals surface area contributed by atoms with E-state index in [4.69, 9.17) is 26.5 Å². The van der Waals surface area contributed by atoms with Crippen molar-refractivity contribution in [1.82, 2.24) is 5.01 Å². The summed E-state index contributed by atoms with van der Waals surface area (Å²) in [4.78, 5) is 16.6. The van der Waals surface area contributed by atoms with Crippen molar-refractivity contribution in [3.05, 3.63) is 64.2 Å². The average molecular weight is 533 g/mol. The Morgan fingerprint density at radius 1 is 1.14 bits per heavy atom. The molecular weight excluding hydrogens is 512 g/mol. The molecule has 2 aromatic rings. The number of aliphatic imine (C=N–C) groups is 1. The van der Waals surface area contributed by atoms with Crippen LogP contribution in [0.3, 0.4) is 0 Å². The number of hydrogen-bond acceptors (Lipinski definition) is 8. The van der Waals surface area contributed by atoms with Crippen molar-refractivity contribution >= 4 is 60.6 Å². The van der Waals surface area contributed by atoms with Crippen molar-refractivity contribution in [1.29, 1.82) is 5.41 Å². The first-order valence-electron chi connectivity index (χ1n) is 10.6. The Morgan fingerprint density at radius 2 is 1.91 bits per heavy atom. The van der Waals surface area contributed by atoms with E-state index in [9.17, 15) is 13.2 Å². The summed E-state index contributed by atoms with van der Waals surface area (Å²) in [5.74, 6) is -0.107. The Kier molecular flexibility index (Phi) is 7.29. The highest BCUT2D eigenvalue weighted by Crippen LogP contribution is 2.33. The summed E-state index contributed by atoms with van der Waals surface area (Å²) >= 11 is 6.96. The van der Waals surface area contributed by atoms with Gasteiger partial charge in [0.05, 0.1) is 17.9 Å². The number of hydrazone groups is 1. The number of sulfone groups is 1. The van der Waals surface area contributed by atoms with E-state index in [1.165, 1.54) is 13.0 Å². The van der Waals surface area contributed by atoms with Gasteiger partial charge in [0.2, 0.25) is 19.4 Å². The molecule has 12 heteroatoms. The number of rotatable bonds is 7. The van der Waals surface area contributed by atoms with Gasteiger partial charge in [-0.15, -0.1) is 5.10 Å². The number of nitrogens with zero attached hydrogens (tertiary/aromatic N) is 3. The van der Waals surface area contributed by atoms with Gasteiger partial charge < -0.3 is 9.47 Å². The molecule has 4 rings (SSSR count). The van der Waals surface area contributed by atoms with Crippen LogP contribution in [0.1, 0.15) is 25.0 Å². The van der Waals surface area contributed by atoms with E-state index in [2.05, 4.69) is 10.1 Å². The minimum absolute atomic E-state index is 0.0274. The monoisotopic (exact) mass is 532 g/mol. The van der Waals surface area contributed by atoms with E-state index in [-0.39, 0.29) is 33.3 Å². The zero-order chi connectivity index (χ0) is 25.2. The molecule has 0 aromatic heterocycles. The minimum atomic E-state index is -3.59. The zero-order valence-electron chi connectivity index (χ0n) is 18.8. The zero-order valence-corrected chi connectivity index (χ0v) is 21.2. The highest BCUT2D eigenvalue weighted by molar-refractivity contribution is 8.42. The molecule has 0 radical (unpaired) electrons. The lowest BCUT2D eigenvalue weighted by Gasteiger charge is -2.20. The van der Waals surface area contributed by atoms with Gasteiger partial charge in [-0.05, 0) is 48.5 Å². The highest BCUT2D eigenvalue weighted by atomic mass is 35.5. The fourth-order valence-corrected chi connectivity index (χ4v) is 5.52. The second kappa shape index (κ2) is 10.2. The predicted octanol–water partition coefficient (Wildman–Crippen LogP) is 4.33.